The molecule has 1 rings (SSSR count). The zero-order chi connectivity index (χ0) is 27.3. The lowest BCUT2D eigenvalue weighted by molar-refractivity contribution is -0.120. The number of allylic oxidation sites excluding steroid dienone is 4. The van der Waals surface area contributed by atoms with Crippen molar-refractivity contribution in [2.24, 2.45) is 11.7 Å². The summed E-state index contributed by atoms with van der Waals surface area (Å²) in [7, 11) is 0. The van der Waals surface area contributed by atoms with Crippen molar-refractivity contribution in [1.29, 1.82) is 0 Å². The van der Waals surface area contributed by atoms with Crippen LogP contribution >= 0.6 is 0 Å². The van der Waals surface area contributed by atoms with Gasteiger partial charge in [0, 0.05) is 35.9 Å². The third kappa shape index (κ3) is 12.9. The molecule has 3 nitrogen and oxygen atoms in total. The fourth-order valence-electron chi connectivity index (χ4n) is 4.34. The van der Waals surface area contributed by atoms with Gasteiger partial charge < -0.3 is 5.73 Å². The van der Waals surface area contributed by atoms with E-state index < -0.39 is 0 Å². The number of Topliss-reactive ketones (excluding diaryl/α,β-unsaturated/α-hetero) is 2. The quantitative estimate of drug-likeness (QED) is 0.0960. The van der Waals surface area contributed by atoms with E-state index in [0.29, 0.717) is 17.7 Å². The van der Waals surface area contributed by atoms with Crippen LogP contribution < -0.4 is 5.73 Å². The van der Waals surface area contributed by atoms with Crippen LogP contribution in [-0.2, 0) is 9.59 Å². The predicted octanol–water partition coefficient (Wildman–Crippen LogP) is 9.01. The molecule has 0 bridgehead atoms. The molecule has 0 spiro atoms. The van der Waals surface area contributed by atoms with Gasteiger partial charge in [0.25, 0.3) is 0 Å². The normalized spacial score (nSPS) is 12.5. The summed E-state index contributed by atoms with van der Waals surface area (Å²) in [5.41, 5.74) is 12.3. The molecule has 2 N–H and O–H groups in total. The molecule has 0 saturated carbocycles. The first-order valence-electron chi connectivity index (χ1n) is 14.0. The number of rotatable bonds is 18. The Bertz CT molecular complexity index is 859. The molecular weight excluding hydrogens is 442 g/mol. The predicted molar refractivity (Wildman–Crippen MR) is 156 cm³/mol. The van der Waals surface area contributed by atoms with Gasteiger partial charge in [-0.2, -0.15) is 0 Å². The summed E-state index contributed by atoms with van der Waals surface area (Å²) in [6.45, 7) is 18.1. The molecule has 0 saturated heterocycles. The molecule has 36 heavy (non-hydrogen) atoms. The zero-order valence-electron chi connectivity index (χ0n) is 23.7. The topological polar surface area (TPSA) is 60.2 Å². The van der Waals surface area contributed by atoms with E-state index in [1.165, 1.54) is 5.57 Å². The molecule has 1 aromatic rings. The third-order valence-corrected chi connectivity index (χ3v) is 6.54. The second-order valence-corrected chi connectivity index (χ2v) is 9.25. The molecule has 1 unspecified atom stereocenters. The second kappa shape index (κ2) is 20.5. The van der Waals surface area contributed by atoms with E-state index in [-0.39, 0.29) is 36.2 Å². The van der Waals surface area contributed by atoms with Crippen molar-refractivity contribution in [2.75, 3.05) is 0 Å². The molecule has 0 aliphatic heterocycles. The first-order valence-corrected chi connectivity index (χ1v) is 14.0. The minimum atomic E-state index is -0.210. The molecule has 3 heteroatoms. The fraction of sp³-hybridized carbons (Fsp3) is 0.545. The minimum Gasteiger partial charge on any atom is -0.402 e. The molecule has 0 fully saturated rings. The minimum absolute atomic E-state index is 0.0603. The van der Waals surface area contributed by atoms with Crippen LogP contribution in [0.15, 0.2) is 72.1 Å². The lowest BCUT2D eigenvalue weighted by Gasteiger charge is -2.19. The van der Waals surface area contributed by atoms with Gasteiger partial charge in [-0.25, -0.2) is 0 Å². The summed E-state index contributed by atoms with van der Waals surface area (Å²) >= 11 is 0. The zero-order valence-corrected chi connectivity index (χ0v) is 23.7. The summed E-state index contributed by atoms with van der Waals surface area (Å²) in [5, 5.41) is 0. The van der Waals surface area contributed by atoms with E-state index in [0.717, 1.165) is 56.9 Å². The summed E-state index contributed by atoms with van der Waals surface area (Å²) < 4.78 is 0. The molecule has 2 atom stereocenters. The van der Waals surface area contributed by atoms with Crippen LogP contribution in [0.2, 0.25) is 0 Å². The Morgan fingerprint density at radius 1 is 0.972 bits per heavy atom. The summed E-state index contributed by atoms with van der Waals surface area (Å²) in [6.07, 6.45) is 11.4. The van der Waals surface area contributed by atoms with Crippen molar-refractivity contribution in [2.45, 2.75) is 111 Å². The maximum Gasteiger partial charge on any atom is 0.169 e. The highest BCUT2D eigenvalue weighted by Gasteiger charge is 2.24. The average Bonchev–Trinajstić information content (AvgIpc) is 2.90. The van der Waals surface area contributed by atoms with Crippen LogP contribution in [-0.4, -0.2) is 11.6 Å². The number of hydrogen-bond acceptors (Lipinski definition) is 3. The Morgan fingerprint density at radius 2 is 1.61 bits per heavy atom. The van der Waals surface area contributed by atoms with Crippen LogP contribution in [0.5, 0.6) is 0 Å². The van der Waals surface area contributed by atoms with E-state index in [4.69, 9.17) is 5.73 Å². The monoisotopic (exact) mass is 493 g/mol. The van der Waals surface area contributed by atoms with Crippen molar-refractivity contribution in [1.82, 2.24) is 0 Å². The number of ketones is 2. The summed E-state index contributed by atoms with van der Waals surface area (Å²) in [5.74, 6) is -0.0914. The van der Waals surface area contributed by atoms with Gasteiger partial charge in [-0.15, -0.1) is 5.73 Å². The Labute approximate surface area is 221 Å². The largest absolute Gasteiger partial charge is 0.402 e. The van der Waals surface area contributed by atoms with E-state index >= 15 is 0 Å². The van der Waals surface area contributed by atoms with E-state index in [9.17, 15) is 9.59 Å². The Hall–Kier alpha value is -2.64. The molecule has 0 amide bonds. The molecular formula is C33H51NO2. The smallest absolute Gasteiger partial charge is 0.169 e. The maximum atomic E-state index is 13.4. The summed E-state index contributed by atoms with van der Waals surface area (Å²) in [6, 6.07) is 9.74. The van der Waals surface area contributed by atoms with Crippen molar-refractivity contribution in [3.8, 4) is 0 Å². The van der Waals surface area contributed by atoms with Crippen molar-refractivity contribution < 1.29 is 9.59 Å². The molecule has 0 heterocycles. The van der Waals surface area contributed by atoms with Crippen LogP contribution in [0.25, 0.3) is 0 Å². The number of carbonyl (C=O) groups is 2. The molecule has 1 aromatic carbocycles. The van der Waals surface area contributed by atoms with Gasteiger partial charge in [0.1, 0.15) is 5.78 Å². The highest BCUT2D eigenvalue weighted by Crippen LogP contribution is 2.28. The first kappa shape index (κ1) is 33.4. The number of unbranched alkanes of at least 4 members (excludes halogenated alkanes) is 3. The van der Waals surface area contributed by atoms with Gasteiger partial charge in [-0.3, -0.25) is 9.59 Å². The summed E-state index contributed by atoms with van der Waals surface area (Å²) in [4.78, 5) is 26.3. The van der Waals surface area contributed by atoms with Gasteiger partial charge in [-0.05, 0) is 44.6 Å². The molecule has 0 radical (unpaired) electrons. The standard InChI is InChI=1S/C31H45NO2.C2H6/c1-6-10-13-19-28(22-25(8-3)16-11-7-2)31(34)26(9-4)20-21-29(33)23-30(24(5)32)27-17-14-12-15-18-27;1-2/h8,12,14-15,17-18,28,30H,4-7,10-11,13,16,19-23,32H2,1-3H3;1-2H3/b25-8-;/t28?,30-;/m1./s1. The third-order valence-electron chi connectivity index (χ3n) is 6.54. The molecule has 0 aromatic heterocycles. The van der Waals surface area contributed by atoms with E-state index in [2.05, 4.69) is 45.7 Å². The molecule has 0 aliphatic carbocycles. The van der Waals surface area contributed by atoms with E-state index in [1.54, 1.807) is 0 Å². The highest BCUT2D eigenvalue weighted by molar-refractivity contribution is 5.97. The average molecular weight is 494 g/mol. The van der Waals surface area contributed by atoms with E-state index in [1.807, 2.05) is 44.2 Å². The Kier molecular flexibility index (Phi) is 19.0. The number of nitrogens with two attached hydrogens (primary N) is 1. The Morgan fingerprint density at radius 3 is 2.14 bits per heavy atom. The van der Waals surface area contributed by atoms with Gasteiger partial charge in [0.15, 0.2) is 5.78 Å². The van der Waals surface area contributed by atoms with Crippen LogP contribution in [0.3, 0.4) is 0 Å². The SMILES string of the molecule is C=C=C(CCC(=O)C[C@H](C(=C)N)c1ccccc1)C(=O)C(CCCCC)C/C(=C\C)CCCC.CC. The van der Waals surface area contributed by atoms with Crippen molar-refractivity contribution in [3.63, 3.8) is 0 Å². The van der Waals surface area contributed by atoms with Crippen LogP contribution in [0.1, 0.15) is 117 Å². The lowest BCUT2D eigenvalue weighted by Crippen LogP contribution is -2.19. The molecule has 0 aliphatic rings. The maximum absolute atomic E-state index is 13.4. The van der Waals surface area contributed by atoms with Crippen LogP contribution in [0.4, 0.5) is 0 Å². The number of carbonyl (C=O) groups excluding carboxylic acids is 2. The highest BCUT2D eigenvalue weighted by atomic mass is 16.1. The van der Waals surface area contributed by atoms with Gasteiger partial charge >= 0.3 is 0 Å². The lowest BCUT2D eigenvalue weighted by atomic mass is 9.84. The number of benzene rings is 1. The first-order chi connectivity index (χ1) is 17.4. The van der Waals surface area contributed by atoms with Gasteiger partial charge in [0.05, 0.1) is 0 Å². The number of hydrogen-bond donors (Lipinski definition) is 1. The second-order valence-electron chi connectivity index (χ2n) is 9.25. The van der Waals surface area contributed by atoms with Gasteiger partial charge in [0.2, 0.25) is 0 Å². The van der Waals surface area contributed by atoms with Gasteiger partial charge in [-0.1, -0.05) is 109 Å². The van der Waals surface area contributed by atoms with Crippen LogP contribution in [0, 0.1) is 5.92 Å². The Balaban J connectivity index is 0.00000596. The van der Waals surface area contributed by atoms with Crippen molar-refractivity contribution >= 4 is 11.6 Å². The fourth-order valence-corrected chi connectivity index (χ4v) is 4.34. The van der Waals surface area contributed by atoms with Crippen molar-refractivity contribution in [3.05, 3.63) is 77.7 Å². The molecule has 200 valence electrons.